The van der Waals surface area contributed by atoms with Gasteiger partial charge >= 0.3 is 11.9 Å². The van der Waals surface area contributed by atoms with Crippen LogP contribution < -0.4 is 0 Å². The van der Waals surface area contributed by atoms with Gasteiger partial charge in [0, 0.05) is 23.7 Å². The molecule has 5 rings (SSSR count). The third kappa shape index (κ3) is 2.55. The highest BCUT2D eigenvalue weighted by molar-refractivity contribution is 5.76. The Morgan fingerprint density at radius 3 is 2.73 bits per heavy atom. The van der Waals surface area contributed by atoms with Crippen molar-refractivity contribution in [3.05, 3.63) is 0 Å². The van der Waals surface area contributed by atoms with Crippen molar-refractivity contribution in [2.45, 2.75) is 97.7 Å². The topological polar surface area (TPSA) is 82.1 Å². The summed E-state index contributed by atoms with van der Waals surface area (Å²) in [6.45, 7) is 8.96. The highest BCUT2D eigenvalue weighted by atomic mass is 16.8. The molecule has 2 saturated heterocycles. The first kappa shape index (κ1) is 20.7. The van der Waals surface area contributed by atoms with E-state index in [9.17, 15) is 14.7 Å². The highest BCUT2D eigenvalue weighted by Crippen LogP contribution is 2.73. The molecule has 1 spiro atoms. The maximum atomic E-state index is 12.6. The molecule has 3 saturated carbocycles. The van der Waals surface area contributed by atoms with Gasteiger partial charge in [0.2, 0.25) is 6.29 Å². The van der Waals surface area contributed by atoms with Crippen LogP contribution >= 0.6 is 0 Å². The summed E-state index contributed by atoms with van der Waals surface area (Å²) in [5.74, 6) is -0.244. The summed E-state index contributed by atoms with van der Waals surface area (Å²) >= 11 is 0. The molecule has 3 aliphatic carbocycles. The van der Waals surface area contributed by atoms with Crippen LogP contribution in [0.3, 0.4) is 0 Å². The predicted octanol–water partition coefficient (Wildman–Crippen LogP) is 3.79. The first-order valence-corrected chi connectivity index (χ1v) is 11.9. The molecule has 2 heterocycles. The van der Waals surface area contributed by atoms with E-state index >= 15 is 0 Å². The lowest BCUT2D eigenvalue weighted by Gasteiger charge is -2.66. The quantitative estimate of drug-likeness (QED) is 0.700. The van der Waals surface area contributed by atoms with Crippen molar-refractivity contribution in [3.8, 4) is 0 Å². The molecule has 6 heteroatoms. The Bertz CT molecular complexity index is 748. The molecule has 30 heavy (non-hydrogen) atoms. The fraction of sp³-hybridized carbons (Fsp3) is 0.917. The van der Waals surface area contributed by atoms with Crippen LogP contribution in [0, 0.1) is 39.9 Å². The Hall–Kier alpha value is -1.14. The number of ether oxygens (including phenoxy) is 3. The number of esters is 2. The number of hydrogen-bond acceptors (Lipinski definition) is 6. The van der Waals surface area contributed by atoms with Gasteiger partial charge in [-0.1, -0.05) is 34.1 Å². The van der Waals surface area contributed by atoms with E-state index in [1.807, 2.05) is 6.92 Å². The van der Waals surface area contributed by atoms with E-state index in [4.69, 9.17) is 14.2 Å². The van der Waals surface area contributed by atoms with E-state index < -0.39 is 18.0 Å². The van der Waals surface area contributed by atoms with Crippen LogP contribution in [0.5, 0.6) is 0 Å². The second-order valence-corrected chi connectivity index (χ2v) is 11.5. The lowest BCUT2D eigenvalue weighted by atomic mass is 9.38. The number of fused-ring (bicyclic) bond motifs is 2. The summed E-state index contributed by atoms with van der Waals surface area (Å²) in [6, 6.07) is 0. The van der Waals surface area contributed by atoms with Crippen LogP contribution in [-0.2, 0) is 23.8 Å². The largest absolute Gasteiger partial charge is 0.462 e. The molecule has 9 atom stereocenters. The summed E-state index contributed by atoms with van der Waals surface area (Å²) in [6.07, 6.45) is 4.80. The third-order valence-electron chi connectivity index (χ3n) is 9.57. The molecule has 0 bridgehead atoms. The molecule has 5 fully saturated rings. The van der Waals surface area contributed by atoms with Crippen molar-refractivity contribution in [1.29, 1.82) is 0 Å². The monoisotopic (exact) mass is 420 g/mol. The van der Waals surface area contributed by atoms with E-state index in [2.05, 4.69) is 20.8 Å². The minimum atomic E-state index is -0.983. The summed E-state index contributed by atoms with van der Waals surface area (Å²) in [7, 11) is 0. The van der Waals surface area contributed by atoms with Crippen molar-refractivity contribution < 1.29 is 28.9 Å². The number of carbonyl (C=O) groups excluding carboxylic acids is 2. The van der Waals surface area contributed by atoms with Crippen LogP contribution in [0.4, 0.5) is 0 Å². The van der Waals surface area contributed by atoms with E-state index in [0.29, 0.717) is 12.8 Å². The molecule has 0 amide bonds. The average Bonchev–Trinajstić information content (AvgIpc) is 3.10. The molecule has 1 N–H and O–H groups in total. The first-order valence-electron chi connectivity index (χ1n) is 11.9. The van der Waals surface area contributed by atoms with E-state index in [-0.39, 0.29) is 52.5 Å². The number of aliphatic hydroxyl groups is 1. The molecule has 0 aromatic heterocycles. The Balaban J connectivity index is 1.61. The Kier molecular flexibility index (Phi) is 4.62. The van der Waals surface area contributed by atoms with Gasteiger partial charge < -0.3 is 19.3 Å². The van der Waals surface area contributed by atoms with Gasteiger partial charge in [0.05, 0.1) is 5.92 Å². The van der Waals surface area contributed by atoms with Crippen LogP contribution in [-0.4, -0.2) is 35.7 Å². The number of rotatable bonds is 3. The van der Waals surface area contributed by atoms with Crippen molar-refractivity contribution in [2.24, 2.45) is 39.9 Å². The van der Waals surface area contributed by atoms with Crippen molar-refractivity contribution in [1.82, 2.24) is 0 Å². The van der Waals surface area contributed by atoms with Gasteiger partial charge in [-0.2, -0.15) is 0 Å². The second-order valence-electron chi connectivity index (χ2n) is 11.5. The van der Waals surface area contributed by atoms with Crippen LogP contribution in [0.1, 0.15) is 79.1 Å². The molecule has 0 radical (unpaired) electrons. The molecule has 0 aromatic rings. The Morgan fingerprint density at radius 2 is 2.00 bits per heavy atom. The summed E-state index contributed by atoms with van der Waals surface area (Å²) < 4.78 is 17.6. The Labute approximate surface area is 179 Å². The van der Waals surface area contributed by atoms with Crippen LogP contribution in [0.15, 0.2) is 0 Å². The molecule has 0 aromatic carbocycles. The van der Waals surface area contributed by atoms with Gasteiger partial charge in [0.25, 0.3) is 0 Å². The fourth-order valence-corrected chi connectivity index (χ4v) is 8.87. The zero-order chi connectivity index (χ0) is 21.5. The zero-order valence-corrected chi connectivity index (χ0v) is 18.7. The van der Waals surface area contributed by atoms with Crippen LogP contribution in [0.25, 0.3) is 0 Å². The predicted molar refractivity (Wildman–Crippen MR) is 108 cm³/mol. The van der Waals surface area contributed by atoms with Gasteiger partial charge in [0.1, 0.15) is 6.10 Å². The molecule has 5 aliphatic rings. The fourth-order valence-electron chi connectivity index (χ4n) is 8.87. The van der Waals surface area contributed by atoms with Gasteiger partial charge in [-0.15, -0.1) is 0 Å². The van der Waals surface area contributed by atoms with Crippen molar-refractivity contribution in [2.75, 3.05) is 0 Å². The minimum Gasteiger partial charge on any atom is -0.462 e. The van der Waals surface area contributed by atoms with Gasteiger partial charge in [0.15, 0.2) is 6.29 Å². The SMILES string of the molecule is CCCC(=O)O[C@H]1C[C@@]23[C@@H]4[C@@H](OC(=O)[C@@H]4CC[C@@H]2[C@@]2(C)CCCC(C)(C)[C@H]12)O[C@H]3O. The molecule has 2 aliphatic heterocycles. The van der Waals surface area contributed by atoms with Gasteiger partial charge in [-0.05, 0) is 55.3 Å². The average molecular weight is 421 g/mol. The number of carbonyl (C=O) groups is 2. The van der Waals surface area contributed by atoms with Gasteiger partial charge in [-0.25, -0.2) is 0 Å². The summed E-state index contributed by atoms with van der Waals surface area (Å²) in [5.41, 5.74) is -0.614. The maximum absolute atomic E-state index is 12.6. The number of hydrogen-bond donors (Lipinski definition) is 1. The standard InChI is InChI=1S/C24H36O6/c1-5-7-16(25)28-14-12-24-15(23(4)11-6-10-22(2,3)18(14)23)9-8-13-17(24)20(29-19(13)26)30-21(24)27/h13-15,17-18,20-21,27H,5-12H2,1-4H3/t13-,14+,15-,17+,18+,20+,21-,23-,24+/m1/s1. The number of aliphatic hydroxyl groups excluding tert-OH is 1. The first-order chi connectivity index (χ1) is 14.1. The normalized spacial score (nSPS) is 50.8. The van der Waals surface area contributed by atoms with E-state index in [1.165, 1.54) is 0 Å². The van der Waals surface area contributed by atoms with Crippen LogP contribution in [0.2, 0.25) is 0 Å². The summed E-state index contributed by atoms with van der Waals surface area (Å²) in [5, 5.41) is 11.3. The lowest BCUT2D eigenvalue weighted by molar-refractivity contribution is -0.267. The van der Waals surface area contributed by atoms with E-state index in [0.717, 1.165) is 38.5 Å². The lowest BCUT2D eigenvalue weighted by Crippen LogP contribution is -2.66. The third-order valence-corrected chi connectivity index (χ3v) is 9.57. The zero-order valence-electron chi connectivity index (χ0n) is 18.7. The molecule has 6 nitrogen and oxygen atoms in total. The highest BCUT2D eigenvalue weighted by Gasteiger charge is 2.76. The maximum Gasteiger partial charge on any atom is 0.311 e. The van der Waals surface area contributed by atoms with Crippen molar-refractivity contribution in [3.63, 3.8) is 0 Å². The molecule has 0 unspecified atom stereocenters. The summed E-state index contributed by atoms with van der Waals surface area (Å²) in [4.78, 5) is 25.1. The smallest absolute Gasteiger partial charge is 0.311 e. The minimum absolute atomic E-state index is 0.0500. The molecular formula is C24H36O6. The molecule has 168 valence electrons. The van der Waals surface area contributed by atoms with Crippen molar-refractivity contribution >= 4 is 11.9 Å². The second kappa shape index (κ2) is 6.68. The Morgan fingerprint density at radius 1 is 1.23 bits per heavy atom. The van der Waals surface area contributed by atoms with Gasteiger partial charge in [-0.3, -0.25) is 9.59 Å². The van der Waals surface area contributed by atoms with E-state index in [1.54, 1.807) is 0 Å². The molecular weight excluding hydrogens is 384 g/mol.